The lowest BCUT2D eigenvalue weighted by Gasteiger charge is -2.35. The first-order valence-corrected chi connectivity index (χ1v) is 8.69. The van der Waals surface area contributed by atoms with Crippen LogP contribution in [-0.4, -0.2) is 51.2 Å². The molecule has 0 saturated carbocycles. The highest BCUT2D eigenvalue weighted by atomic mass is 16.5. The maximum Gasteiger partial charge on any atom is 0.246 e. The Morgan fingerprint density at radius 3 is 2.27 bits per heavy atom. The molecule has 0 N–H and O–H groups in total. The number of nitrogens with zero attached hydrogens (tertiary/aromatic N) is 2. The van der Waals surface area contributed by atoms with Gasteiger partial charge in [0.25, 0.3) is 0 Å². The largest absolute Gasteiger partial charge is 0.497 e. The number of piperazine rings is 1. The van der Waals surface area contributed by atoms with Gasteiger partial charge in [-0.05, 0) is 35.9 Å². The Bertz CT molecular complexity index is 780. The van der Waals surface area contributed by atoms with E-state index in [0.717, 1.165) is 35.8 Å². The molecule has 1 aliphatic rings. The Kier molecular flexibility index (Phi) is 5.79. The average molecular weight is 352 g/mol. The molecule has 1 saturated heterocycles. The van der Waals surface area contributed by atoms with Crippen molar-refractivity contribution in [2.45, 2.75) is 0 Å². The van der Waals surface area contributed by atoms with Crippen molar-refractivity contribution in [1.82, 2.24) is 4.90 Å². The average Bonchev–Trinajstić information content (AvgIpc) is 2.72. The van der Waals surface area contributed by atoms with Crippen molar-refractivity contribution < 1.29 is 14.3 Å². The van der Waals surface area contributed by atoms with Gasteiger partial charge < -0.3 is 19.3 Å². The molecule has 1 fully saturated rings. The number of ether oxygens (including phenoxy) is 2. The zero-order valence-electron chi connectivity index (χ0n) is 15.2. The standard InChI is InChI=1S/C21H24N2O3/c1-25-19-7-3-5-17(15-19)9-10-21(24)23-13-11-22(12-14-23)18-6-4-8-20(16-18)26-2/h3-10,15-16H,11-14H2,1-2H3. The van der Waals surface area contributed by atoms with Crippen LogP contribution in [0.4, 0.5) is 5.69 Å². The molecule has 2 aromatic rings. The molecule has 5 heteroatoms. The third-order valence-corrected chi connectivity index (χ3v) is 4.52. The summed E-state index contributed by atoms with van der Waals surface area (Å²) in [4.78, 5) is 16.6. The van der Waals surface area contributed by atoms with Gasteiger partial charge in [-0.3, -0.25) is 4.79 Å². The first kappa shape index (κ1) is 17.9. The van der Waals surface area contributed by atoms with Crippen LogP contribution in [0.2, 0.25) is 0 Å². The van der Waals surface area contributed by atoms with Crippen LogP contribution in [0.25, 0.3) is 6.08 Å². The predicted molar refractivity (Wildman–Crippen MR) is 104 cm³/mol. The molecular weight excluding hydrogens is 328 g/mol. The molecule has 0 bridgehead atoms. The summed E-state index contributed by atoms with van der Waals surface area (Å²) in [6.07, 6.45) is 3.47. The lowest BCUT2D eigenvalue weighted by Crippen LogP contribution is -2.48. The van der Waals surface area contributed by atoms with E-state index in [9.17, 15) is 4.79 Å². The van der Waals surface area contributed by atoms with Crippen molar-refractivity contribution in [3.63, 3.8) is 0 Å². The van der Waals surface area contributed by atoms with Crippen LogP contribution in [-0.2, 0) is 4.79 Å². The summed E-state index contributed by atoms with van der Waals surface area (Å²) < 4.78 is 10.5. The molecule has 1 aliphatic heterocycles. The highest BCUT2D eigenvalue weighted by molar-refractivity contribution is 5.92. The summed E-state index contributed by atoms with van der Waals surface area (Å²) in [6, 6.07) is 15.7. The van der Waals surface area contributed by atoms with Crippen LogP contribution in [0, 0.1) is 0 Å². The van der Waals surface area contributed by atoms with Gasteiger partial charge in [-0.15, -0.1) is 0 Å². The summed E-state index contributed by atoms with van der Waals surface area (Å²) >= 11 is 0. The zero-order chi connectivity index (χ0) is 18.4. The number of rotatable bonds is 5. The van der Waals surface area contributed by atoms with Crippen molar-refractivity contribution in [1.29, 1.82) is 0 Å². The number of amides is 1. The van der Waals surface area contributed by atoms with Gasteiger partial charge in [0.05, 0.1) is 14.2 Å². The van der Waals surface area contributed by atoms with E-state index in [1.807, 2.05) is 53.4 Å². The smallest absolute Gasteiger partial charge is 0.246 e. The Labute approximate surface area is 154 Å². The number of hydrogen-bond donors (Lipinski definition) is 0. The second-order valence-corrected chi connectivity index (χ2v) is 6.12. The SMILES string of the molecule is COc1cccc(C=CC(=O)N2CCN(c3cccc(OC)c3)CC2)c1. The maximum atomic E-state index is 12.4. The van der Waals surface area contributed by atoms with Crippen LogP contribution in [0.5, 0.6) is 11.5 Å². The number of hydrogen-bond acceptors (Lipinski definition) is 4. The molecule has 0 aliphatic carbocycles. The van der Waals surface area contributed by atoms with Crippen LogP contribution in [0.1, 0.15) is 5.56 Å². The highest BCUT2D eigenvalue weighted by Crippen LogP contribution is 2.22. The monoisotopic (exact) mass is 352 g/mol. The normalized spacial score (nSPS) is 14.5. The minimum Gasteiger partial charge on any atom is -0.497 e. The molecule has 2 aromatic carbocycles. The van der Waals surface area contributed by atoms with Gasteiger partial charge in [0.2, 0.25) is 5.91 Å². The molecule has 26 heavy (non-hydrogen) atoms. The highest BCUT2D eigenvalue weighted by Gasteiger charge is 2.20. The first-order chi connectivity index (χ1) is 12.7. The lowest BCUT2D eigenvalue weighted by molar-refractivity contribution is -0.126. The number of carbonyl (C=O) groups is 1. The minimum atomic E-state index is 0.0399. The zero-order valence-corrected chi connectivity index (χ0v) is 15.2. The first-order valence-electron chi connectivity index (χ1n) is 8.69. The van der Waals surface area contributed by atoms with E-state index in [1.54, 1.807) is 20.3 Å². The fourth-order valence-electron chi connectivity index (χ4n) is 3.01. The van der Waals surface area contributed by atoms with E-state index >= 15 is 0 Å². The minimum absolute atomic E-state index is 0.0399. The fraction of sp³-hybridized carbons (Fsp3) is 0.286. The van der Waals surface area contributed by atoms with Crippen LogP contribution in [0.15, 0.2) is 54.6 Å². The molecule has 136 valence electrons. The molecule has 3 rings (SSSR count). The van der Waals surface area contributed by atoms with E-state index in [-0.39, 0.29) is 5.91 Å². The van der Waals surface area contributed by atoms with Crippen molar-refractivity contribution in [2.24, 2.45) is 0 Å². The predicted octanol–water partition coefficient (Wildman–Crippen LogP) is 3.07. The van der Waals surface area contributed by atoms with Gasteiger partial charge in [-0.25, -0.2) is 0 Å². The Hall–Kier alpha value is -2.95. The molecule has 0 spiro atoms. The van der Waals surface area contributed by atoms with Crippen molar-refractivity contribution in [3.05, 3.63) is 60.2 Å². The Morgan fingerprint density at radius 1 is 0.923 bits per heavy atom. The molecular formula is C21H24N2O3. The maximum absolute atomic E-state index is 12.4. The van der Waals surface area contributed by atoms with Gasteiger partial charge in [0, 0.05) is 44.0 Å². The van der Waals surface area contributed by atoms with Gasteiger partial charge in [0.1, 0.15) is 11.5 Å². The summed E-state index contributed by atoms with van der Waals surface area (Å²) in [7, 11) is 3.31. The lowest BCUT2D eigenvalue weighted by atomic mass is 10.2. The van der Waals surface area contributed by atoms with E-state index in [0.29, 0.717) is 13.1 Å². The third kappa shape index (κ3) is 4.36. The van der Waals surface area contributed by atoms with Crippen molar-refractivity contribution in [3.8, 4) is 11.5 Å². The molecule has 1 heterocycles. The fourth-order valence-corrected chi connectivity index (χ4v) is 3.01. The molecule has 1 amide bonds. The van der Waals surface area contributed by atoms with Crippen LogP contribution < -0.4 is 14.4 Å². The number of anilines is 1. The second kappa shape index (κ2) is 8.43. The van der Waals surface area contributed by atoms with Crippen LogP contribution in [0.3, 0.4) is 0 Å². The van der Waals surface area contributed by atoms with E-state index in [2.05, 4.69) is 11.0 Å². The van der Waals surface area contributed by atoms with Gasteiger partial charge in [-0.2, -0.15) is 0 Å². The van der Waals surface area contributed by atoms with Gasteiger partial charge in [-0.1, -0.05) is 18.2 Å². The van der Waals surface area contributed by atoms with Crippen molar-refractivity contribution >= 4 is 17.7 Å². The molecule has 0 radical (unpaired) electrons. The summed E-state index contributed by atoms with van der Waals surface area (Å²) in [5.74, 6) is 1.67. The molecule has 5 nitrogen and oxygen atoms in total. The number of carbonyl (C=O) groups excluding carboxylic acids is 1. The molecule has 0 atom stereocenters. The third-order valence-electron chi connectivity index (χ3n) is 4.52. The number of benzene rings is 2. The summed E-state index contributed by atoms with van der Waals surface area (Å²) in [6.45, 7) is 3.04. The van der Waals surface area contributed by atoms with Gasteiger partial charge >= 0.3 is 0 Å². The van der Waals surface area contributed by atoms with E-state index in [1.165, 1.54) is 0 Å². The number of methoxy groups -OCH3 is 2. The van der Waals surface area contributed by atoms with Gasteiger partial charge in [0.15, 0.2) is 0 Å². The second-order valence-electron chi connectivity index (χ2n) is 6.12. The van der Waals surface area contributed by atoms with Crippen LogP contribution >= 0.6 is 0 Å². The summed E-state index contributed by atoms with van der Waals surface area (Å²) in [5.41, 5.74) is 2.08. The van der Waals surface area contributed by atoms with E-state index < -0.39 is 0 Å². The van der Waals surface area contributed by atoms with E-state index in [4.69, 9.17) is 9.47 Å². The Balaban J connectivity index is 1.57. The quantitative estimate of drug-likeness (QED) is 0.776. The topological polar surface area (TPSA) is 42.0 Å². The Morgan fingerprint density at radius 2 is 1.58 bits per heavy atom. The molecule has 0 aromatic heterocycles. The summed E-state index contributed by atoms with van der Waals surface area (Å²) in [5, 5.41) is 0. The molecule has 0 unspecified atom stereocenters. The van der Waals surface area contributed by atoms with Crippen molar-refractivity contribution in [2.75, 3.05) is 45.3 Å².